The molecule has 30 heavy (non-hydrogen) atoms. The fourth-order valence-corrected chi connectivity index (χ4v) is 4.40. The smallest absolute Gasteiger partial charge is 0.258 e. The molecule has 0 radical (unpaired) electrons. The van der Waals surface area contributed by atoms with Gasteiger partial charge in [0.1, 0.15) is 5.75 Å². The zero-order chi connectivity index (χ0) is 21.0. The molecule has 1 fully saturated rings. The summed E-state index contributed by atoms with van der Waals surface area (Å²) in [5.74, 6) is 0.507. The molecule has 0 unspecified atom stereocenters. The lowest BCUT2D eigenvalue weighted by Crippen LogP contribution is -2.61. The van der Waals surface area contributed by atoms with Gasteiger partial charge in [-0.2, -0.15) is 5.10 Å². The van der Waals surface area contributed by atoms with Crippen LogP contribution < -0.4 is 10.1 Å². The molecule has 3 heterocycles. The Morgan fingerprint density at radius 3 is 2.57 bits per heavy atom. The number of nitrogens with one attached hydrogen (secondary N) is 2. The molecule has 5 rings (SSSR count). The average molecular weight is 404 g/mol. The summed E-state index contributed by atoms with van der Waals surface area (Å²) in [7, 11) is 0. The van der Waals surface area contributed by atoms with E-state index in [1.165, 1.54) is 0 Å². The van der Waals surface area contributed by atoms with Crippen molar-refractivity contribution in [3.05, 3.63) is 58.3 Å². The molecular formula is C23H24N4O3. The van der Waals surface area contributed by atoms with Crippen LogP contribution in [0, 0.1) is 20.8 Å². The number of benzene rings is 2. The minimum atomic E-state index is -0.757. The van der Waals surface area contributed by atoms with E-state index in [0.29, 0.717) is 42.8 Å². The maximum absolute atomic E-state index is 13.1. The molecule has 7 heteroatoms. The van der Waals surface area contributed by atoms with E-state index >= 15 is 0 Å². The van der Waals surface area contributed by atoms with Crippen LogP contribution >= 0.6 is 0 Å². The molecular weight excluding hydrogens is 380 g/mol. The molecule has 3 aromatic rings. The third kappa shape index (κ3) is 2.93. The molecule has 1 aromatic heterocycles. The summed E-state index contributed by atoms with van der Waals surface area (Å²) in [6.45, 7) is 7.00. The highest BCUT2D eigenvalue weighted by molar-refractivity contribution is 6.00. The summed E-state index contributed by atoms with van der Waals surface area (Å²) in [4.78, 5) is 27.6. The number of ether oxygens (including phenoxy) is 1. The Bertz CT molecular complexity index is 1190. The lowest BCUT2D eigenvalue weighted by atomic mass is 9.95. The number of nitrogens with zero attached hydrogens (tertiary/aromatic N) is 2. The van der Waals surface area contributed by atoms with Crippen LogP contribution in [-0.4, -0.2) is 45.7 Å². The van der Waals surface area contributed by atoms with Gasteiger partial charge in [0, 0.05) is 36.9 Å². The highest BCUT2D eigenvalue weighted by Gasteiger charge is 2.43. The first-order valence-electron chi connectivity index (χ1n) is 10.2. The second-order valence-electron chi connectivity index (χ2n) is 8.40. The minimum Gasteiger partial charge on any atom is -0.467 e. The zero-order valence-corrected chi connectivity index (χ0v) is 17.3. The number of aryl methyl sites for hydroxylation is 3. The summed E-state index contributed by atoms with van der Waals surface area (Å²) in [6, 6.07) is 7.58. The van der Waals surface area contributed by atoms with Crippen molar-refractivity contribution in [1.82, 2.24) is 20.4 Å². The van der Waals surface area contributed by atoms with Gasteiger partial charge in [0.15, 0.2) is 5.72 Å². The van der Waals surface area contributed by atoms with Crippen molar-refractivity contribution in [1.29, 1.82) is 0 Å². The van der Waals surface area contributed by atoms with Crippen molar-refractivity contribution in [3.63, 3.8) is 0 Å². The van der Waals surface area contributed by atoms with Gasteiger partial charge in [0.2, 0.25) is 0 Å². The van der Waals surface area contributed by atoms with Crippen molar-refractivity contribution in [3.8, 4) is 5.75 Å². The number of carbonyl (C=O) groups is 2. The number of carbonyl (C=O) groups excluding carboxylic acids is 2. The van der Waals surface area contributed by atoms with E-state index in [-0.39, 0.29) is 11.8 Å². The standard InChI is InChI=1S/C23H24N4O3/c1-13-9-18-19(10-14(13)2)30-23(25-21(18)28)4-6-27(7-5-23)22(29)16-8-15(3)20-17(11-16)12-24-26-20/h8-12H,4-7H2,1-3H3,(H,24,26)(H,25,28). The Morgan fingerprint density at radius 1 is 1.07 bits per heavy atom. The summed E-state index contributed by atoms with van der Waals surface area (Å²) in [6.07, 6.45) is 2.82. The van der Waals surface area contributed by atoms with Crippen LogP contribution in [0.15, 0.2) is 30.5 Å². The average Bonchev–Trinajstić information content (AvgIpc) is 3.19. The van der Waals surface area contributed by atoms with Gasteiger partial charge in [0.05, 0.1) is 17.3 Å². The molecule has 2 aliphatic rings. The third-order valence-corrected chi connectivity index (χ3v) is 6.34. The van der Waals surface area contributed by atoms with E-state index in [4.69, 9.17) is 4.74 Å². The number of rotatable bonds is 1. The van der Waals surface area contributed by atoms with Crippen LogP contribution in [0.1, 0.15) is 50.2 Å². The van der Waals surface area contributed by atoms with E-state index in [1.54, 1.807) is 6.20 Å². The molecule has 0 atom stereocenters. The van der Waals surface area contributed by atoms with Crippen molar-refractivity contribution in [2.75, 3.05) is 13.1 Å². The van der Waals surface area contributed by atoms with E-state index in [9.17, 15) is 9.59 Å². The van der Waals surface area contributed by atoms with Crippen molar-refractivity contribution < 1.29 is 14.3 Å². The Morgan fingerprint density at radius 2 is 1.80 bits per heavy atom. The molecule has 2 N–H and O–H groups in total. The fourth-order valence-electron chi connectivity index (χ4n) is 4.40. The highest BCUT2D eigenvalue weighted by Crippen LogP contribution is 2.35. The van der Waals surface area contributed by atoms with Gasteiger partial charge in [-0.15, -0.1) is 0 Å². The van der Waals surface area contributed by atoms with Gasteiger partial charge in [-0.3, -0.25) is 14.7 Å². The molecule has 2 aromatic carbocycles. The lowest BCUT2D eigenvalue weighted by molar-refractivity contribution is -0.0246. The van der Waals surface area contributed by atoms with Gasteiger partial charge < -0.3 is 15.0 Å². The largest absolute Gasteiger partial charge is 0.467 e. The molecule has 154 valence electrons. The highest BCUT2D eigenvalue weighted by atomic mass is 16.5. The zero-order valence-electron chi connectivity index (χ0n) is 17.3. The summed E-state index contributed by atoms with van der Waals surface area (Å²) < 4.78 is 6.28. The maximum atomic E-state index is 13.1. The number of amides is 2. The van der Waals surface area contributed by atoms with Gasteiger partial charge >= 0.3 is 0 Å². The van der Waals surface area contributed by atoms with E-state index < -0.39 is 5.72 Å². The molecule has 2 aliphatic heterocycles. The van der Waals surface area contributed by atoms with Gasteiger partial charge in [0.25, 0.3) is 11.8 Å². The first-order valence-corrected chi connectivity index (χ1v) is 10.2. The molecule has 7 nitrogen and oxygen atoms in total. The molecule has 0 bridgehead atoms. The topological polar surface area (TPSA) is 87.3 Å². The first-order chi connectivity index (χ1) is 14.3. The van der Waals surface area contributed by atoms with Crippen LogP contribution in [0.25, 0.3) is 10.9 Å². The summed E-state index contributed by atoms with van der Waals surface area (Å²) in [5, 5.41) is 11.0. The Hall–Kier alpha value is -3.35. The predicted octanol–water partition coefficient (Wildman–Crippen LogP) is 3.24. The number of likely N-dealkylation sites (tertiary alicyclic amines) is 1. The molecule has 0 saturated carbocycles. The number of aromatic amines is 1. The molecule has 1 saturated heterocycles. The van der Waals surface area contributed by atoms with Crippen LogP contribution in [0.4, 0.5) is 0 Å². The number of hydrogen-bond acceptors (Lipinski definition) is 4. The number of fused-ring (bicyclic) bond motifs is 2. The summed E-state index contributed by atoms with van der Waals surface area (Å²) in [5.41, 5.74) is 4.57. The third-order valence-electron chi connectivity index (χ3n) is 6.34. The van der Waals surface area contributed by atoms with E-state index in [2.05, 4.69) is 15.5 Å². The molecule has 0 aliphatic carbocycles. The van der Waals surface area contributed by atoms with Gasteiger partial charge in [-0.05, 0) is 61.7 Å². The Balaban J connectivity index is 1.35. The minimum absolute atomic E-state index is 0.00921. The molecule has 1 spiro atoms. The lowest BCUT2D eigenvalue weighted by Gasteiger charge is -2.44. The van der Waals surface area contributed by atoms with Gasteiger partial charge in [-0.25, -0.2) is 0 Å². The second kappa shape index (κ2) is 6.58. The van der Waals surface area contributed by atoms with Crippen LogP contribution in [-0.2, 0) is 0 Å². The molecule has 2 amide bonds. The van der Waals surface area contributed by atoms with Crippen molar-refractivity contribution >= 4 is 22.7 Å². The SMILES string of the molecule is Cc1cc2c(cc1C)C(=O)NC1(CCN(C(=O)c3cc(C)c4[nH]ncc4c3)CC1)O2. The number of piperidine rings is 1. The fraction of sp³-hybridized carbons (Fsp3) is 0.348. The number of hydrogen-bond donors (Lipinski definition) is 2. The number of H-pyrrole nitrogens is 1. The van der Waals surface area contributed by atoms with Crippen LogP contribution in [0.2, 0.25) is 0 Å². The van der Waals surface area contributed by atoms with Crippen LogP contribution in [0.5, 0.6) is 5.75 Å². The predicted molar refractivity (Wildman–Crippen MR) is 113 cm³/mol. The summed E-state index contributed by atoms with van der Waals surface area (Å²) >= 11 is 0. The maximum Gasteiger partial charge on any atom is 0.258 e. The first kappa shape index (κ1) is 18.7. The number of aromatic nitrogens is 2. The van der Waals surface area contributed by atoms with E-state index in [0.717, 1.165) is 27.6 Å². The monoisotopic (exact) mass is 404 g/mol. The second-order valence-corrected chi connectivity index (χ2v) is 8.40. The van der Waals surface area contributed by atoms with Crippen molar-refractivity contribution in [2.45, 2.75) is 39.3 Å². The van der Waals surface area contributed by atoms with Gasteiger partial charge in [-0.1, -0.05) is 0 Å². The quantitative estimate of drug-likeness (QED) is 0.652. The normalized spacial score (nSPS) is 17.6. The van der Waals surface area contributed by atoms with Crippen LogP contribution in [0.3, 0.4) is 0 Å². The Kier molecular flexibility index (Phi) is 4.10. The van der Waals surface area contributed by atoms with Crippen molar-refractivity contribution in [2.24, 2.45) is 0 Å². The van der Waals surface area contributed by atoms with E-state index in [1.807, 2.05) is 49.9 Å². The Labute approximate surface area is 174 Å².